The lowest BCUT2D eigenvalue weighted by atomic mass is 10.2. The monoisotopic (exact) mass is 426 g/mol. The summed E-state index contributed by atoms with van der Waals surface area (Å²) >= 11 is 9.06. The van der Waals surface area contributed by atoms with Crippen LogP contribution in [-0.2, 0) is 9.53 Å². The van der Waals surface area contributed by atoms with E-state index in [1.54, 1.807) is 36.5 Å². The van der Waals surface area contributed by atoms with E-state index >= 15 is 0 Å². The third-order valence-electron chi connectivity index (χ3n) is 3.62. The maximum absolute atomic E-state index is 11.9. The van der Waals surface area contributed by atoms with Crippen molar-refractivity contribution < 1.29 is 9.53 Å². The highest BCUT2D eigenvalue weighted by atomic mass is 35.5. The second-order valence-electron chi connectivity index (χ2n) is 5.50. The highest BCUT2D eigenvalue weighted by molar-refractivity contribution is 8.09. The van der Waals surface area contributed by atoms with Gasteiger partial charge in [-0.05, 0) is 48.9 Å². The fraction of sp³-hybridized carbons (Fsp3) is 0.0952. The predicted molar refractivity (Wildman–Crippen MR) is 115 cm³/mol. The molecule has 0 atom stereocenters. The van der Waals surface area contributed by atoms with Crippen LogP contribution in [0.2, 0.25) is 5.02 Å². The van der Waals surface area contributed by atoms with E-state index < -0.39 is 5.97 Å². The molecule has 0 spiro atoms. The minimum atomic E-state index is -0.637. The lowest BCUT2D eigenvalue weighted by Gasteiger charge is -2.05. The van der Waals surface area contributed by atoms with E-state index in [1.807, 2.05) is 42.5 Å². The Labute approximate surface area is 176 Å². The Balaban J connectivity index is 1.98. The van der Waals surface area contributed by atoms with Crippen LogP contribution in [0.1, 0.15) is 12.5 Å². The molecular formula is C21H15ClN2O2S2. The van der Waals surface area contributed by atoms with Crippen LogP contribution in [-0.4, -0.2) is 17.6 Å². The molecule has 1 heterocycles. The number of nitriles is 1. The number of hydrogen-bond acceptors (Lipinski definition) is 6. The molecule has 1 aromatic heterocycles. The molecule has 0 aliphatic rings. The quantitative estimate of drug-likeness (QED) is 0.157. The van der Waals surface area contributed by atoms with Gasteiger partial charge in [0.1, 0.15) is 11.6 Å². The van der Waals surface area contributed by atoms with E-state index in [2.05, 4.69) is 4.98 Å². The SMILES string of the molecule is CCOC(=O)/C(C#N)=C/C=C(Sc1nc2ccccc2s1)c1ccc(Cl)cc1. The van der Waals surface area contributed by atoms with Crippen LogP contribution in [0.3, 0.4) is 0 Å². The molecule has 0 saturated carbocycles. The molecule has 0 aliphatic heterocycles. The number of aromatic nitrogens is 1. The van der Waals surface area contributed by atoms with Crippen molar-refractivity contribution in [2.24, 2.45) is 0 Å². The summed E-state index contributed by atoms with van der Waals surface area (Å²) in [6.07, 6.45) is 3.21. The number of thioether (sulfide) groups is 1. The zero-order valence-electron chi connectivity index (χ0n) is 14.9. The van der Waals surface area contributed by atoms with Crippen LogP contribution in [0, 0.1) is 11.3 Å². The van der Waals surface area contributed by atoms with E-state index in [1.165, 1.54) is 17.8 Å². The Bertz CT molecular complexity index is 1060. The summed E-state index contributed by atoms with van der Waals surface area (Å²) in [5, 5.41) is 9.88. The van der Waals surface area contributed by atoms with Crippen molar-refractivity contribution in [1.82, 2.24) is 4.98 Å². The molecule has 0 bridgehead atoms. The van der Waals surface area contributed by atoms with Crippen LogP contribution in [0.15, 0.2) is 70.6 Å². The van der Waals surface area contributed by atoms with E-state index in [4.69, 9.17) is 16.3 Å². The van der Waals surface area contributed by atoms with Crippen LogP contribution in [0.5, 0.6) is 0 Å². The second-order valence-corrected chi connectivity index (χ2v) is 8.26. The molecule has 4 nitrogen and oxygen atoms in total. The number of ether oxygens (including phenoxy) is 1. The van der Waals surface area contributed by atoms with Crippen LogP contribution in [0.4, 0.5) is 0 Å². The van der Waals surface area contributed by atoms with Gasteiger partial charge in [-0.25, -0.2) is 9.78 Å². The van der Waals surface area contributed by atoms with Crippen LogP contribution >= 0.6 is 34.7 Å². The number of halogens is 1. The highest BCUT2D eigenvalue weighted by Gasteiger charge is 2.12. The molecule has 3 aromatic rings. The van der Waals surface area contributed by atoms with Gasteiger partial charge in [0.25, 0.3) is 0 Å². The smallest absolute Gasteiger partial charge is 0.348 e. The van der Waals surface area contributed by atoms with Gasteiger partial charge in [0.05, 0.1) is 16.8 Å². The first-order valence-corrected chi connectivity index (χ1v) is 10.4. The fourth-order valence-corrected chi connectivity index (χ4v) is 4.56. The molecule has 0 saturated heterocycles. The number of carbonyl (C=O) groups excluding carboxylic acids is 1. The summed E-state index contributed by atoms with van der Waals surface area (Å²) in [7, 11) is 0. The number of para-hydroxylation sites is 1. The van der Waals surface area contributed by atoms with Crippen LogP contribution in [0.25, 0.3) is 15.1 Å². The minimum absolute atomic E-state index is 0.0572. The summed E-state index contributed by atoms with van der Waals surface area (Å²) in [5.41, 5.74) is 1.79. The minimum Gasteiger partial charge on any atom is -0.462 e. The number of hydrogen-bond donors (Lipinski definition) is 0. The second kappa shape index (κ2) is 9.56. The van der Waals surface area contributed by atoms with E-state index in [9.17, 15) is 10.1 Å². The molecule has 0 fully saturated rings. The third kappa shape index (κ3) is 5.02. The van der Waals surface area contributed by atoms with Crippen molar-refractivity contribution in [2.45, 2.75) is 11.3 Å². The average Bonchev–Trinajstić information content (AvgIpc) is 3.11. The van der Waals surface area contributed by atoms with Crippen molar-refractivity contribution in [3.63, 3.8) is 0 Å². The van der Waals surface area contributed by atoms with Crippen molar-refractivity contribution in [3.8, 4) is 6.07 Å². The fourth-order valence-electron chi connectivity index (χ4n) is 2.31. The largest absolute Gasteiger partial charge is 0.462 e. The van der Waals surface area contributed by atoms with Gasteiger partial charge < -0.3 is 4.74 Å². The third-order valence-corrected chi connectivity index (χ3v) is 6.06. The zero-order valence-corrected chi connectivity index (χ0v) is 17.3. The number of nitrogens with zero attached hydrogens (tertiary/aromatic N) is 2. The first kappa shape index (κ1) is 20.2. The summed E-state index contributed by atoms with van der Waals surface area (Å²) in [6, 6.07) is 17.2. The van der Waals surface area contributed by atoms with Gasteiger partial charge in [0.2, 0.25) is 0 Å². The van der Waals surface area contributed by atoms with Gasteiger partial charge in [-0.1, -0.05) is 47.6 Å². The lowest BCUT2D eigenvalue weighted by Crippen LogP contribution is -2.05. The van der Waals surface area contributed by atoms with Gasteiger partial charge in [-0.3, -0.25) is 0 Å². The number of esters is 1. The highest BCUT2D eigenvalue weighted by Crippen LogP contribution is 2.38. The number of allylic oxidation sites excluding steroid dienone is 2. The summed E-state index contributed by atoms with van der Waals surface area (Å²) in [4.78, 5) is 17.4. The number of carbonyl (C=O) groups is 1. The van der Waals surface area contributed by atoms with E-state index in [0.29, 0.717) is 5.02 Å². The molecule has 0 radical (unpaired) electrons. The van der Waals surface area contributed by atoms with E-state index in [0.717, 1.165) is 25.0 Å². The normalized spacial score (nSPS) is 12.0. The van der Waals surface area contributed by atoms with Gasteiger partial charge in [-0.2, -0.15) is 5.26 Å². The molecule has 7 heteroatoms. The number of benzene rings is 2. The molecular weight excluding hydrogens is 412 g/mol. The Morgan fingerprint density at radius 2 is 2.00 bits per heavy atom. The Morgan fingerprint density at radius 3 is 2.68 bits per heavy atom. The molecule has 2 aromatic carbocycles. The van der Waals surface area contributed by atoms with Gasteiger partial charge in [0.15, 0.2) is 4.34 Å². The van der Waals surface area contributed by atoms with Gasteiger partial charge >= 0.3 is 5.97 Å². The predicted octanol–water partition coefficient (Wildman–Crippen LogP) is 6.10. The molecule has 0 amide bonds. The Hall–Kier alpha value is -2.59. The first-order valence-electron chi connectivity index (χ1n) is 8.39. The molecule has 0 N–H and O–H groups in total. The van der Waals surface area contributed by atoms with Crippen molar-refractivity contribution >= 4 is 55.8 Å². The number of fused-ring (bicyclic) bond motifs is 1. The Kier molecular flexibility index (Phi) is 6.88. The maximum Gasteiger partial charge on any atom is 0.348 e. The van der Waals surface area contributed by atoms with Crippen molar-refractivity contribution in [2.75, 3.05) is 6.61 Å². The van der Waals surface area contributed by atoms with Crippen molar-refractivity contribution in [1.29, 1.82) is 5.26 Å². The number of thiazole rings is 1. The molecule has 0 unspecified atom stereocenters. The van der Waals surface area contributed by atoms with Crippen LogP contribution < -0.4 is 0 Å². The molecule has 140 valence electrons. The summed E-state index contributed by atoms with van der Waals surface area (Å²) < 4.78 is 6.88. The van der Waals surface area contributed by atoms with E-state index in [-0.39, 0.29) is 12.2 Å². The molecule has 0 aliphatic carbocycles. The number of rotatable bonds is 6. The first-order chi connectivity index (χ1) is 13.6. The standard InChI is InChI=1S/C21H15ClN2O2S2/c1-2-26-20(25)15(13-23)9-12-18(14-7-10-16(22)11-8-14)27-21-24-17-5-3-4-6-19(17)28-21/h3-12H,2H2,1H3/b15-9+,18-12?. The summed E-state index contributed by atoms with van der Waals surface area (Å²) in [5.74, 6) is -0.637. The molecule has 3 rings (SSSR count). The lowest BCUT2D eigenvalue weighted by molar-refractivity contribution is -0.138. The zero-order chi connectivity index (χ0) is 19.9. The maximum atomic E-state index is 11.9. The molecule has 28 heavy (non-hydrogen) atoms. The van der Waals surface area contributed by atoms with Gasteiger partial charge in [0, 0.05) is 9.93 Å². The average molecular weight is 427 g/mol. The van der Waals surface area contributed by atoms with Gasteiger partial charge in [-0.15, -0.1) is 11.3 Å². The Morgan fingerprint density at radius 1 is 1.25 bits per heavy atom. The summed E-state index contributed by atoms with van der Waals surface area (Å²) in [6.45, 7) is 1.91. The topological polar surface area (TPSA) is 63.0 Å². The van der Waals surface area contributed by atoms with Crippen molar-refractivity contribution in [3.05, 3.63) is 76.8 Å².